The van der Waals surface area contributed by atoms with E-state index in [2.05, 4.69) is 4.98 Å². The maximum absolute atomic E-state index is 10.6. The van der Waals surface area contributed by atoms with E-state index in [9.17, 15) is 4.79 Å². The van der Waals surface area contributed by atoms with Crippen LogP contribution in [0.4, 0.5) is 5.69 Å². The van der Waals surface area contributed by atoms with Crippen molar-refractivity contribution in [2.45, 2.75) is 6.54 Å². The van der Waals surface area contributed by atoms with Gasteiger partial charge in [0.1, 0.15) is 0 Å². The first-order valence-electron chi connectivity index (χ1n) is 3.06. The van der Waals surface area contributed by atoms with Crippen LogP contribution in [0.1, 0.15) is 5.56 Å². The quantitative estimate of drug-likeness (QED) is 0.422. The van der Waals surface area contributed by atoms with Gasteiger partial charge in [0.25, 0.3) is 5.56 Å². The number of anilines is 1. The van der Waals surface area contributed by atoms with Crippen LogP contribution < -0.4 is 17.0 Å². The second kappa shape index (κ2) is 2.63. The van der Waals surface area contributed by atoms with Crippen molar-refractivity contribution >= 4 is 5.69 Å². The van der Waals surface area contributed by atoms with Crippen molar-refractivity contribution in [3.63, 3.8) is 0 Å². The van der Waals surface area contributed by atoms with E-state index in [1.54, 1.807) is 0 Å². The number of aromatic nitrogens is 1. The molecular formula is C6H9N3O2. The van der Waals surface area contributed by atoms with Gasteiger partial charge < -0.3 is 16.6 Å². The smallest absolute Gasteiger partial charge is 0.252 e. The molecule has 0 unspecified atom stereocenters. The second-order valence-corrected chi connectivity index (χ2v) is 2.12. The Morgan fingerprint density at radius 3 is 2.73 bits per heavy atom. The van der Waals surface area contributed by atoms with Gasteiger partial charge in [-0.3, -0.25) is 9.78 Å². The highest BCUT2D eigenvalue weighted by molar-refractivity contribution is 5.49. The predicted octanol–water partition coefficient (Wildman–Crippen LogP) is -0.879. The van der Waals surface area contributed by atoms with Gasteiger partial charge in [-0.1, -0.05) is 0 Å². The van der Waals surface area contributed by atoms with Gasteiger partial charge >= 0.3 is 0 Å². The molecule has 0 aliphatic rings. The summed E-state index contributed by atoms with van der Waals surface area (Å²) in [5.74, 6) is -0.252. The standard InChI is InChI=1S/C6H9N3O2/c7-2-3-4(8)1-5(10)9-6(3)11/h1H,2,7H2,(H4,8,9,10,11). The molecule has 0 aliphatic heterocycles. The van der Waals surface area contributed by atoms with Crippen molar-refractivity contribution in [3.05, 3.63) is 22.0 Å². The van der Waals surface area contributed by atoms with Crippen LogP contribution in [-0.4, -0.2) is 10.1 Å². The number of H-pyrrole nitrogens is 1. The van der Waals surface area contributed by atoms with Crippen LogP contribution >= 0.6 is 0 Å². The number of aromatic hydroxyl groups is 1. The molecule has 0 saturated heterocycles. The van der Waals surface area contributed by atoms with Crippen LogP contribution in [0.15, 0.2) is 10.9 Å². The molecule has 0 radical (unpaired) electrons. The highest BCUT2D eigenvalue weighted by atomic mass is 16.3. The van der Waals surface area contributed by atoms with E-state index >= 15 is 0 Å². The van der Waals surface area contributed by atoms with Gasteiger partial charge in [-0.2, -0.15) is 0 Å². The first-order chi connectivity index (χ1) is 5.15. The highest BCUT2D eigenvalue weighted by Crippen LogP contribution is 2.16. The van der Waals surface area contributed by atoms with E-state index in [0.29, 0.717) is 5.56 Å². The van der Waals surface area contributed by atoms with Gasteiger partial charge in [0.2, 0.25) is 0 Å². The van der Waals surface area contributed by atoms with E-state index in [4.69, 9.17) is 16.6 Å². The molecule has 60 valence electrons. The van der Waals surface area contributed by atoms with Gasteiger partial charge in [-0.15, -0.1) is 0 Å². The minimum Gasteiger partial charge on any atom is -0.494 e. The van der Waals surface area contributed by atoms with Crippen LogP contribution in [0.25, 0.3) is 0 Å². The zero-order chi connectivity index (χ0) is 8.43. The molecule has 0 amide bonds. The van der Waals surface area contributed by atoms with Crippen molar-refractivity contribution in [2.24, 2.45) is 5.73 Å². The fourth-order valence-electron chi connectivity index (χ4n) is 0.808. The Labute approximate surface area is 62.7 Å². The number of aromatic amines is 1. The number of hydrogen-bond acceptors (Lipinski definition) is 4. The molecule has 0 aromatic carbocycles. The Hall–Kier alpha value is -1.49. The zero-order valence-corrected chi connectivity index (χ0v) is 5.79. The molecule has 0 atom stereocenters. The highest BCUT2D eigenvalue weighted by Gasteiger charge is 2.04. The van der Waals surface area contributed by atoms with Gasteiger partial charge in [0.15, 0.2) is 5.88 Å². The zero-order valence-electron chi connectivity index (χ0n) is 5.79. The Bertz CT molecular complexity index is 292. The lowest BCUT2D eigenvalue weighted by atomic mass is 10.2. The van der Waals surface area contributed by atoms with Crippen molar-refractivity contribution < 1.29 is 5.11 Å². The fourth-order valence-corrected chi connectivity index (χ4v) is 0.808. The number of rotatable bonds is 1. The normalized spacial score (nSPS) is 9.91. The molecule has 1 aromatic rings. The average Bonchev–Trinajstić information content (AvgIpc) is 1.85. The summed E-state index contributed by atoms with van der Waals surface area (Å²) >= 11 is 0. The monoisotopic (exact) mass is 155 g/mol. The van der Waals surface area contributed by atoms with E-state index in [1.165, 1.54) is 6.07 Å². The third kappa shape index (κ3) is 1.32. The minimum atomic E-state index is -0.433. The van der Waals surface area contributed by atoms with Gasteiger partial charge in [0, 0.05) is 23.9 Å². The molecule has 11 heavy (non-hydrogen) atoms. The first kappa shape index (κ1) is 7.62. The fraction of sp³-hybridized carbons (Fsp3) is 0.167. The number of pyridine rings is 1. The van der Waals surface area contributed by atoms with Crippen molar-refractivity contribution in [3.8, 4) is 5.88 Å². The summed E-state index contributed by atoms with van der Waals surface area (Å²) < 4.78 is 0. The van der Waals surface area contributed by atoms with Crippen LogP contribution in [0.2, 0.25) is 0 Å². The van der Waals surface area contributed by atoms with Gasteiger partial charge in [-0.25, -0.2) is 0 Å². The lowest BCUT2D eigenvalue weighted by molar-refractivity contribution is 0.445. The Morgan fingerprint density at radius 2 is 2.27 bits per heavy atom. The Balaban J connectivity index is 3.36. The molecule has 1 aromatic heterocycles. The summed E-state index contributed by atoms with van der Waals surface area (Å²) in [6.07, 6.45) is 0. The van der Waals surface area contributed by atoms with Gasteiger partial charge in [0.05, 0.1) is 0 Å². The third-order valence-corrected chi connectivity index (χ3v) is 1.37. The van der Waals surface area contributed by atoms with E-state index in [1.807, 2.05) is 0 Å². The summed E-state index contributed by atoms with van der Waals surface area (Å²) in [5, 5.41) is 9.06. The summed E-state index contributed by atoms with van der Waals surface area (Å²) in [5.41, 5.74) is 10.8. The van der Waals surface area contributed by atoms with Crippen LogP contribution in [0, 0.1) is 0 Å². The number of nitrogens with one attached hydrogen (secondary N) is 1. The van der Waals surface area contributed by atoms with Crippen molar-refractivity contribution in [1.29, 1.82) is 0 Å². The molecule has 0 spiro atoms. The summed E-state index contributed by atoms with van der Waals surface area (Å²) in [6, 6.07) is 1.18. The SMILES string of the molecule is NCc1c(N)cc(=O)[nH]c1O. The van der Waals surface area contributed by atoms with Crippen LogP contribution in [0.5, 0.6) is 5.88 Å². The Morgan fingerprint density at radius 1 is 1.64 bits per heavy atom. The van der Waals surface area contributed by atoms with Gasteiger partial charge in [-0.05, 0) is 0 Å². The summed E-state index contributed by atoms with van der Waals surface area (Å²) in [7, 11) is 0. The lowest BCUT2D eigenvalue weighted by Crippen LogP contribution is -2.11. The molecular weight excluding hydrogens is 146 g/mol. The van der Waals surface area contributed by atoms with E-state index in [0.717, 1.165) is 0 Å². The lowest BCUT2D eigenvalue weighted by Gasteiger charge is -2.02. The molecule has 5 heteroatoms. The molecule has 5 nitrogen and oxygen atoms in total. The van der Waals surface area contributed by atoms with Crippen LogP contribution in [-0.2, 0) is 6.54 Å². The topological polar surface area (TPSA) is 105 Å². The average molecular weight is 155 g/mol. The molecule has 0 aliphatic carbocycles. The Kier molecular flexibility index (Phi) is 1.82. The third-order valence-electron chi connectivity index (χ3n) is 1.37. The second-order valence-electron chi connectivity index (χ2n) is 2.12. The first-order valence-corrected chi connectivity index (χ1v) is 3.06. The van der Waals surface area contributed by atoms with Crippen molar-refractivity contribution in [2.75, 3.05) is 5.73 Å². The van der Waals surface area contributed by atoms with Crippen LogP contribution in [0.3, 0.4) is 0 Å². The maximum Gasteiger partial charge on any atom is 0.252 e. The maximum atomic E-state index is 10.6. The molecule has 0 bridgehead atoms. The predicted molar refractivity (Wildman–Crippen MR) is 41.0 cm³/mol. The number of nitrogen functional groups attached to an aromatic ring is 1. The minimum absolute atomic E-state index is 0.106. The summed E-state index contributed by atoms with van der Waals surface area (Å²) in [4.78, 5) is 12.8. The van der Waals surface area contributed by atoms with E-state index in [-0.39, 0.29) is 18.1 Å². The number of hydrogen-bond donors (Lipinski definition) is 4. The van der Waals surface area contributed by atoms with Crippen molar-refractivity contribution in [1.82, 2.24) is 4.98 Å². The molecule has 1 rings (SSSR count). The number of nitrogens with two attached hydrogens (primary N) is 2. The summed E-state index contributed by atoms with van der Waals surface area (Å²) in [6.45, 7) is 0.106. The molecule has 6 N–H and O–H groups in total. The van der Waals surface area contributed by atoms with E-state index < -0.39 is 5.56 Å². The largest absolute Gasteiger partial charge is 0.494 e. The molecule has 0 fully saturated rings. The molecule has 1 heterocycles. The molecule has 0 saturated carbocycles.